The Morgan fingerprint density at radius 2 is 2.14 bits per heavy atom. The van der Waals surface area contributed by atoms with Gasteiger partial charge >= 0.3 is 5.97 Å². The number of benzene rings is 1. The summed E-state index contributed by atoms with van der Waals surface area (Å²) in [6, 6.07) is 5.75. The Labute approximate surface area is 127 Å². The van der Waals surface area contributed by atoms with E-state index < -0.39 is 10.9 Å². The van der Waals surface area contributed by atoms with Gasteiger partial charge in [0, 0.05) is 16.1 Å². The van der Waals surface area contributed by atoms with Gasteiger partial charge in [0.05, 0.1) is 11.0 Å². The van der Waals surface area contributed by atoms with Gasteiger partial charge in [0.25, 0.3) is 5.69 Å². The summed E-state index contributed by atoms with van der Waals surface area (Å²) in [6.45, 7) is 1.59. The van der Waals surface area contributed by atoms with Crippen molar-refractivity contribution in [1.29, 1.82) is 0 Å². The maximum Gasteiger partial charge on any atom is 0.372 e. The van der Waals surface area contributed by atoms with Crippen LogP contribution < -0.4 is 4.74 Å². The van der Waals surface area contributed by atoms with E-state index in [-0.39, 0.29) is 23.8 Å². The summed E-state index contributed by atoms with van der Waals surface area (Å²) >= 11 is 3.16. The van der Waals surface area contributed by atoms with Crippen molar-refractivity contribution in [3.05, 3.63) is 55.9 Å². The van der Waals surface area contributed by atoms with E-state index >= 15 is 0 Å². The zero-order valence-electron chi connectivity index (χ0n) is 10.8. The third-order valence-electron chi connectivity index (χ3n) is 2.61. The van der Waals surface area contributed by atoms with Crippen LogP contribution in [0.1, 0.15) is 21.9 Å². The lowest BCUT2D eigenvalue weighted by Crippen LogP contribution is -1.97. The van der Waals surface area contributed by atoms with Crippen molar-refractivity contribution in [1.82, 2.24) is 0 Å². The molecule has 0 fully saturated rings. The normalized spacial score (nSPS) is 10.4. The third-order valence-corrected chi connectivity index (χ3v) is 3.07. The van der Waals surface area contributed by atoms with Crippen molar-refractivity contribution >= 4 is 27.6 Å². The van der Waals surface area contributed by atoms with E-state index in [0.717, 1.165) is 0 Å². The Bertz CT molecular complexity index is 709. The number of halogens is 1. The molecule has 0 unspecified atom stereocenters. The third kappa shape index (κ3) is 3.60. The van der Waals surface area contributed by atoms with Gasteiger partial charge < -0.3 is 14.3 Å². The molecule has 0 spiro atoms. The first-order valence-electron chi connectivity index (χ1n) is 5.77. The molecule has 0 aliphatic carbocycles. The Morgan fingerprint density at radius 1 is 1.43 bits per heavy atom. The highest BCUT2D eigenvalue weighted by Crippen LogP contribution is 2.27. The largest absolute Gasteiger partial charge is 0.485 e. The van der Waals surface area contributed by atoms with E-state index in [9.17, 15) is 14.9 Å². The first-order chi connectivity index (χ1) is 9.86. The Hall–Kier alpha value is -2.35. The number of aryl methyl sites for hydroxylation is 1. The number of carboxylic acid groups (broad SMARTS) is 1. The predicted octanol–water partition coefficient (Wildman–Crippen LogP) is 3.54. The lowest BCUT2D eigenvalue weighted by atomic mass is 10.2. The molecule has 1 aromatic heterocycles. The monoisotopic (exact) mass is 355 g/mol. The molecule has 2 rings (SSSR count). The molecule has 0 aliphatic heterocycles. The van der Waals surface area contributed by atoms with Gasteiger partial charge in [0.1, 0.15) is 18.1 Å². The summed E-state index contributed by atoms with van der Waals surface area (Å²) in [6.07, 6.45) is 0. The van der Waals surface area contributed by atoms with Crippen LogP contribution in [0.25, 0.3) is 0 Å². The number of nitrogens with zero attached hydrogens (tertiary/aromatic N) is 1. The number of non-ortho nitro benzene ring substituents is 1. The Balaban J connectivity index is 2.14. The average molecular weight is 356 g/mol. The lowest BCUT2D eigenvalue weighted by Gasteiger charge is -2.04. The number of aromatic carboxylic acids is 1. The van der Waals surface area contributed by atoms with Crippen LogP contribution in [0.2, 0.25) is 0 Å². The molecule has 0 saturated carbocycles. The van der Waals surface area contributed by atoms with E-state index in [1.807, 2.05) is 0 Å². The number of hydrogen-bond acceptors (Lipinski definition) is 5. The number of rotatable bonds is 5. The minimum atomic E-state index is -1.16. The van der Waals surface area contributed by atoms with Gasteiger partial charge in [-0.15, -0.1) is 0 Å². The molecule has 1 heterocycles. The average Bonchev–Trinajstić information content (AvgIpc) is 2.77. The minimum Gasteiger partial charge on any atom is -0.485 e. The minimum absolute atomic E-state index is 0.0261. The molecule has 0 radical (unpaired) electrons. The topological polar surface area (TPSA) is 103 Å². The van der Waals surface area contributed by atoms with Gasteiger partial charge in [0.2, 0.25) is 5.76 Å². The molecule has 7 nitrogen and oxygen atoms in total. The second-order valence-corrected chi connectivity index (χ2v) is 5.14. The van der Waals surface area contributed by atoms with Gasteiger partial charge in [0.15, 0.2) is 0 Å². The van der Waals surface area contributed by atoms with Crippen molar-refractivity contribution in [2.45, 2.75) is 13.5 Å². The summed E-state index contributed by atoms with van der Waals surface area (Å²) in [4.78, 5) is 21.1. The summed E-state index contributed by atoms with van der Waals surface area (Å²) in [5.74, 6) is -0.694. The molecule has 8 heteroatoms. The molecule has 0 amide bonds. The number of nitro benzene ring substituents is 1. The van der Waals surface area contributed by atoms with Crippen LogP contribution in [0, 0.1) is 17.0 Å². The predicted molar refractivity (Wildman–Crippen MR) is 75.5 cm³/mol. The molecule has 0 bridgehead atoms. The summed E-state index contributed by atoms with van der Waals surface area (Å²) < 4.78 is 11.0. The highest BCUT2D eigenvalue weighted by Gasteiger charge is 2.15. The van der Waals surface area contributed by atoms with E-state index in [4.69, 9.17) is 14.3 Å². The summed E-state index contributed by atoms with van der Waals surface area (Å²) in [5.41, 5.74) is 0.377. The smallest absolute Gasteiger partial charge is 0.372 e. The summed E-state index contributed by atoms with van der Waals surface area (Å²) in [5, 5.41) is 19.6. The number of nitro groups is 1. The van der Waals surface area contributed by atoms with Crippen molar-refractivity contribution in [2.75, 3.05) is 0 Å². The second kappa shape index (κ2) is 5.96. The van der Waals surface area contributed by atoms with Crippen LogP contribution >= 0.6 is 15.9 Å². The zero-order valence-corrected chi connectivity index (χ0v) is 12.4. The Kier molecular flexibility index (Phi) is 4.27. The van der Waals surface area contributed by atoms with E-state index in [0.29, 0.717) is 15.8 Å². The van der Waals surface area contributed by atoms with Gasteiger partial charge in [-0.25, -0.2) is 4.79 Å². The van der Waals surface area contributed by atoms with Gasteiger partial charge in [-0.2, -0.15) is 0 Å². The van der Waals surface area contributed by atoms with E-state index in [2.05, 4.69) is 15.9 Å². The fourth-order valence-corrected chi connectivity index (χ4v) is 2.18. The number of carbonyl (C=O) groups is 1. The maximum atomic E-state index is 10.9. The maximum absolute atomic E-state index is 10.9. The first kappa shape index (κ1) is 15.0. The van der Waals surface area contributed by atoms with Crippen LogP contribution in [0.15, 0.2) is 33.2 Å². The quantitative estimate of drug-likeness (QED) is 0.649. The molecule has 1 N–H and O–H groups in total. The summed E-state index contributed by atoms with van der Waals surface area (Å²) in [7, 11) is 0. The lowest BCUT2D eigenvalue weighted by molar-refractivity contribution is -0.385. The van der Waals surface area contributed by atoms with E-state index in [1.54, 1.807) is 19.1 Å². The van der Waals surface area contributed by atoms with Gasteiger partial charge in [-0.3, -0.25) is 10.1 Å². The molecule has 0 aliphatic rings. The first-order valence-corrected chi connectivity index (χ1v) is 6.56. The number of carboxylic acids is 1. The van der Waals surface area contributed by atoms with Gasteiger partial charge in [-0.05, 0) is 19.1 Å². The van der Waals surface area contributed by atoms with E-state index in [1.165, 1.54) is 12.1 Å². The molecule has 21 heavy (non-hydrogen) atoms. The van der Waals surface area contributed by atoms with Crippen LogP contribution in [-0.2, 0) is 6.61 Å². The van der Waals surface area contributed by atoms with Crippen LogP contribution in [0.5, 0.6) is 5.75 Å². The number of ether oxygens (including phenoxy) is 1. The number of furan rings is 1. The van der Waals surface area contributed by atoms with Crippen molar-refractivity contribution in [3.63, 3.8) is 0 Å². The Morgan fingerprint density at radius 3 is 2.71 bits per heavy atom. The molecule has 0 atom stereocenters. The molecule has 110 valence electrons. The standard InChI is InChI=1S/C13H10BrNO6/c1-7-2-11(21-12(7)13(16)17)6-20-10-4-8(14)3-9(5-10)15(18)19/h2-5H,6H2,1H3,(H,16,17). The number of hydrogen-bond donors (Lipinski definition) is 1. The molecule has 0 saturated heterocycles. The van der Waals surface area contributed by atoms with Crippen molar-refractivity contribution in [2.24, 2.45) is 0 Å². The fraction of sp³-hybridized carbons (Fsp3) is 0.154. The van der Waals surface area contributed by atoms with Crippen LogP contribution in [0.3, 0.4) is 0 Å². The van der Waals surface area contributed by atoms with Crippen LogP contribution in [-0.4, -0.2) is 16.0 Å². The molecule has 2 aromatic rings. The van der Waals surface area contributed by atoms with Crippen molar-refractivity contribution in [3.8, 4) is 5.75 Å². The highest BCUT2D eigenvalue weighted by molar-refractivity contribution is 9.10. The fourth-order valence-electron chi connectivity index (χ4n) is 1.72. The molecular formula is C13H10BrNO6. The van der Waals surface area contributed by atoms with Crippen LogP contribution in [0.4, 0.5) is 5.69 Å². The van der Waals surface area contributed by atoms with Crippen molar-refractivity contribution < 1.29 is 24.0 Å². The molecular weight excluding hydrogens is 346 g/mol. The second-order valence-electron chi connectivity index (χ2n) is 4.22. The SMILES string of the molecule is Cc1cc(COc2cc(Br)cc([N+](=O)[O-])c2)oc1C(=O)O. The highest BCUT2D eigenvalue weighted by atomic mass is 79.9. The van der Waals surface area contributed by atoms with Gasteiger partial charge in [-0.1, -0.05) is 15.9 Å². The zero-order chi connectivity index (χ0) is 15.6. The molecule has 1 aromatic carbocycles.